The molecule has 1 N–H and O–H groups in total. The predicted molar refractivity (Wildman–Crippen MR) is 66.3 cm³/mol. The SMILES string of the molecule is CCc1nc(Nc2nccc(C#N)n2)sc1C. The third-order valence-electron chi connectivity index (χ3n) is 2.22. The number of rotatable bonds is 3. The molecule has 86 valence electrons. The number of aromatic nitrogens is 3. The standard InChI is InChI=1S/C11H11N5S/c1-3-9-7(2)17-11(15-9)16-10-13-5-4-8(6-12)14-10/h4-5H,3H2,1-2H3,(H,13,14,15,16). The third kappa shape index (κ3) is 2.57. The first-order valence-electron chi connectivity index (χ1n) is 5.19. The molecule has 2 aromatic rings. The Balaban J connectivity index is 2.22. The Morgan fingerprint density at radius 3 is 2.94 bits per heavy atom. The Labute approximate surface area is 103 Å². The van der Waals surface area contributed by atoms with Gasteiger partial charge >= 0.3 is 0 Å². The van der Waals surface area contributed by atoms with Gasteiger partial charge in [-0.15, -0.1) is 11.3 Å². The molecule has 2 rings (SSSR count). The van der Waals surface area contributed by atoms with Crippen LogP contribution in [0, 0.1) is 18.3 Å². The molecule has 0 atom stereocenters. The van der Waals surface area contributed by atoms with Crippen molar-refractivity contribution in [3.63, 3.8) is 0 Å². The fraction of sp³-hybridized carbons (Fsp3) is 0.273. The topological polar surface area (TPSA) is 74.5 Å². The smallest absolute Gasteiger partial charge is 0.230 e. The van der Waals surface area contributed by atoms with Crippen LogP contribution in [-0.2, 0) is 6.42 Å². The molecule has 0 amide bonds. The van der Waals surface area contributed by atoms with E-state index in [4.69, 9.17) is 5.26 Å². The molecule has 0 radical (unpaired) electrons. The lowest BCUT2D eigenvalue weighted by Crippen LogP contribution is -1.97. The zero-order valence-electron chi connectivity index (χ0n) is 9.56. The minimum Gasteiger partial charge on any atom is -0.300 e. The van der Waals surface area contributed by atoms with Crippen molar-refractivity contribution in [1.29, 1.82) is 5.26 Å². The van der Waals surface area contributed by atoms with Crippen LogP contribution >= 0.6 is 11.3 Å². The van der Waals surface area contributed by atoms with Gasteiger partial charge in [0, 0.05) is 11.1 Å². The normalized spacial score (nSPS) is 9.94. The van der Waals surface area contributed by atoms with E-state index in [0.717, 1.165) is 17.2 Å². The fourth-order valence-corrected chi connectivity index (χ4v) is 2.28. The van der Waals surface area contributed by atoms with E-state index in [1.54, 1.807) is 23.6 Å². The Morgan fingerprint density at radius 2 is 2.29 bits per heavy atom. The van der Waals surface area contributed by atoms with Crippen LogP contribution in [0.3, 0.4) is 0 Å². The monoisotopic (exact) mass is 245 g/mol. The van der Waals surface area contributed by atoms with Gasteiger partial charge in [0.15, 0.2) is 5.13 Å². The number of thiazole rings is 1. The van der Waals surface area contributed by atoms with E-state index in [1.807, 2.05) is 13.0 Å². The second-order valence-corrected chi connectivity index (χ2v) is 4.58. The predicted octanol–water partition coefficient (Wildman–Crippen LogP) is 2.42. The molecule has 0 saturated heterocycles. The van der Waals surface area contributed by atoms with Crippen molar-refractivity contribution in [2.75, 3.05) is 5.32 Å². The van der Waals surface area contributed by atoms with Crippen LogP contribution < -0.4 is 5.32 Å². The highest BCUT2D eigenvalue weighted by atomic mass is 32.1. The Kier molecular flexibility index (Phi) is 3.30. The summed E-state index contributed by atoms with van der Waals surface area (Å²) in [5.74, 6) is 0.403. The molecular weight excluding hydrogens is 234 g/mol. The van der Waals surface area contributed by atoms with Crippen molar-refractivity contribution in [3.8, 4) is 6.07 Å². The number of nitrogens with one attached hydrogen (secondary N) is 1. The summed E-state index contributed by atoms with van der Waals surface area (Å²) in [4.78, 5) is 13.7. The van der Waals surface area contributed by atoms with Crippen molar-refractivity contribution in [1.82, 2.24) is 15.0 Å². The molecular formula is C11H11N5S. The zero-order valence-corrected chi connectivity index (χ0v) is 10.4. The van der Waals surface area contributed by atoms with Crippen LogP contribution in [0.1, 0.15) is 23.2 Å². The first-order valence-corrected chi connectivity index (χ1v) is 6.01. The van der Waals surface area contributed by atoms with Gasteiger partial charge in [0.2, 0.25) is 5.95 Å². The molecule has 0 aliphatic heterocycles. The summed E-state index contributed by atoms with van der Waals surface area (Å²) >= 11 is 1.56. The van der Waals surface area contributed by atoms with Crippen LogP contribution in [0.25, 0.3) is 0 Å². The van der Waals surface area contributed by atoms with Gasteiger partial charge in [0.1, 0.15) is 11.8 Å². The Morgan fingerprint density at radius 1 is 1.47 bits per heavy atom. The van der Waals surface area contributed by atoms with E-state index in [1.165, 1.54) is 4.88 Å². The van der Waals surface area contributed by atoms with Gasteiger partial charge < -0.3 is 0 Å². The van der Waals surface area contributed by atoms with Crippen LogP contribution in [0.4, 0.5) is 11.1 Å². The number of aryl methyl sites for hydroxylation is 2. The number of hydrogen-bond acceptors (Lipinski definition) is 6. The highest BCUT2D eigenvalue weighted by Crippen LogP contribution is 2.24. The molecule has 0 aliphatic rings. The summed E-state index contributed by atoms with van der Waals surface area (Å²) in [5, 5.41) is 12.5. The van der Waals surface area contributed by atoms with Gasteiger partial charge in [-0.3, -0.25) is 5.32 Å². The largest absolute Gasteiger partial charge is 0.300 e. The molecule has 2 aromatic heterocycles. The maximum absolute atomic E-state index is 8.73. The quantitative estimate of drug-likeness (QED) is 0.898. The van der Waals surface area contributed by atoms with E-state index in [-0.39, 0.29) is 0 Å². The summed E-state index contributed by atoms with van der Waals surface area (Å²) < 4.78 is 0. The highest BCUT2D eigenvalue weighted by molar-refractivity contribution is 7.15. The first-order chi connectivity index (χ1) is 8.22. The third-order valence-corrected chi connectivity index (χ3v) is 3.14. The summed E-state index contributed by atoms with van der Waals surface area (Å²) in [5.41, 5.74) is 1.42. The lowest BCUT2D eigenvalue weighted by atomic mass is 10.3. The molecule has 17 heavy (non-hydrogen) atoms. The number of nitriles is 1. The van der Waals surface area contributed by atoms with Crippen molar-refractivity contribution in [2.45, 2.75) is 20.3 Å². The van der Waals surface area contributed by atoms with Gasteiger partial charge in [0.25, 0.3) is 0 Å². The fourth-order valence-electron chi connectivity index (χ4n) is 1.39. The average molecular weight is 245 g/mol. The minimum atomic E-state index is 0.339. The minimum absolute atomic E-state index is 0.339. The van der Waals surface area contributed by atoms with E-state index in [0.29, 0.717) is 11.6 Å². The maximum Gasteiger partial charge on any atom is 0.230 e. The number of anilines is 2. The van der Waals surface area contributed by atoms with E-state index >= 15 is 0 Å². The average Bonchev–Trinajstić information content (AvgIpc) is 2.69. The summed E-state index contributed by atoms with van der Waals surface area (Å²) in [6.07, 6.45) is 2.46. The van der Waals surface area contributed by atoms with Crippen molar-refractivity contribution >= 4 is 22.4 Å². The van der Waals surface area contributed by atoms with Crippen LogP contribution in [-0.4, -0.2) is 15.0 Å². The lowest BCUT2D eigenvalue weighted by Gasteiger charge is -1.99. The van der Waals surface area contributed by atoms with E-state index in [2.05, 4.69) is 27.2 Å². The molecule has 0 bridgehead atoms. The van der Waals surface area contributed by atoms with Gasteiger partial charge in [-0.1, -0.05) is 6.92 Å². The molecule has 6 heteroatoms. The molecule has 0 aliphatic carbocycles. The van der Waals surface area contributed by atoms with Crippen LogP contribution in [0.5, 0.6) is 0 Å². The van der Waals surface area contributed by atoms with E-state index < -0.39 is 0 Å². The summed E-state index contributed by atoms with van der Waals surface area (Å²) in [7, 11) is 0. The Bertz CT molecular complexity index is 569. The van der Waals surface area contributed by atoms with Gasteiger partial charge in [0.05, 0.1) is 5.69 Å². The number of nitrogens with zero attached hydrogens (tertiary/aromatic N) is 4. The molecule has 0 fully saturated rings. The van der Waals surface area contributed by atoms with Crippen LogP contribution in [0.2, 0.25) is 0 Å². The van der Waals surface area contributed by atoms with Gasteiger partial charge in [-0.25, -0.2) is 15.0 Å². The second-order valence-electron chi connectivity index (χ2n) is 3.38. The van der Waals surface area contributed by atoms with Crippen molar-refractivity contribution in [3.05, 3.63) is 28.5 Å². The summed E-state index contributed by atoms with van der Waals surface area (Å²) in [6.45, 7) is 4.10. The summed E-state index contributed by atoms with van der Waals surface area (Å²) in [6, 6.07) is 3.54. The molecule has 0 spiro atoms. The van der Waals surface area contributed by atoms with E-state index in [9.17, 15) is 0 Å². The zero-order chi connectivity index (χ0) is 12.3. The van der Waals surface area contributed by atoms with Crippen molar-refractivity contribution in [2.24, 2.45) is 0 Å². The van der Waals surface area contributed by atoms with Gasteiger partial charge in [-0.2, -0.15) is 5.26 Å². The first kappa shape index (κ1) is 11.5. The van der Waals surface area contributed by atoms with Crippen molar-refractivity contribution < 1.29 is 0 Å². The molecule has 0 unspecified atom stereocenters. The molecule has 0 saturated carbocycles. The lowest BCUT2D eigenvalue weighted by molar-refractivity contribution is 1.04. The molecule has 0 aromatic carbocycles. The molecule has 5 nitrogen and oxygen atoms in total. The number of hydrogen-bond donors (Lipinski definition) is 1. The highest BCUT2D eigenvalue weighted by Gasteiger charge is 2.07. The second kappa shape index (κ2) is 4.89. The Hall–Kier alpha value is -2.00. The molecule has 2 heterocycles. The van der Waals surface area contributed by atoms with Gasteiger partial charge in [-0.05, 0) is 19.4 Å². The maximum atomic E-state index is 8.73. The van der Waals surface area contributed by atoms with Crippen LogP contribution in [0.15, 0.2) is 12.3 Å².